The molecule has 0 aliphatic heterocycles. The summed E-state index contributed by atoms with van der Waals surface area (Å²) in [6, 6.07) is 2.53. The lowest BCUT2D eigenvalue weighted by Crippen LogP contribution is -2.26. The van der Waals surface area contributed by atoms with Gasteiger partial charge in [-0.2, -0.15) is 4.99 Å². The third kappa shape index (κ3) is 9.85. The van der Waals surface area contributed by atoms with Gasteiger partial charge in [0.25, 0.3) is 0 Å². The fourth-order valence-corrected chi connectivity index (χ4v) is 3.62. The number of unbranched alkanes of at least 4 members (excludes halogenated alkanes) is 2. The summed E-state index contributed by atoms with van der Waals surface area (Å²) in [7, 11) is -1.07. The molecule has 0 aromatic rings. The van der Waals surface area contributed by atoms with Crippen molar-refractivity contribution in [2.75, 3.05) is 13.3 Å². The van der Waals surface area contributed by atoms with Gasteiger partial charge in [0.05, 0.1) is 0 Å². The fourth-order valence-electron chi connectivity index (χ4n) is 1.46. The zero-order chi connectivity index (χ0) is 11.6. The molecular formula is C11H23NO2Si. The molecule has 0 rings (SSSR count). The van der Waals surface area contributed by atoms with Gasteiger partial charge >= 0.3 is 0 Å². The van der Waals surface area contributed by atoms with Crippen LogP contribution in [0.15, 0.2) is 4.99 Å². The number of nitrogens with zero attached hydrogens (tertiary/aromatic N) is 1. The number of carbonyl (C=O) groups excluding carboxylic acids is 1. The maximum absolute atomic E-state index is 9.78. The first-order chi connectivity index (χ1) is 7.12. The molecule has 0 bridgehead atoms. The van der Waals surface area contributed by atoms with E-state index in [1.807, 2.05) is 0 Å². The van der Waals surface area contributed by atoms with E-state index in [-0.39, 0.29) is 6.73 Å². The van der Waals surface area contributed by atoms with E-state index in [1.54, 1.807) is 0 Å². The second-order valence-electron chi connectivity index (χ2n) is 4.66. The Balaban J connectivity index is 3.50. The highest BCUT2D eigenvalue weighted by Crippen LogP contribution is 2.19. The SMILES string of the molecule is CCCCC[Si](C)(C)CCOCN=C=O. The van der Waals surface area contributed by atoms with E-state index < -0.39 is 8.07 Å². The number of ether oxygens (including phenoxy) is 1. The molecule has 0 fully saturated rings. The average Bonchev–Trinajstić information content (AvgIpc) is 2.17. The highest BCUT2D eigenvalue weighted by atomic mass is 28.3. The van der Waals surface area contributed by atoms with Crippen LogP contribution in [0.2, 0.25) is 25.2 Å². The molecule has 4 heteroatoms. The van der Waals surface area contributed by atoms with Crippen molar-refractivity contribution in [1.29, 1.82) is 0 Å². The van der Waals surface area contributed by atoms with Crippen molar-refractivity contribution < 1.29 is 9.53 Å². The third-order valence-electron chi connectivity index (χ3n) is 2.60. The molecule has 88 valence electrons. The minimum atomic E-state index is -1.07. The first-order valence-electron chi connectivity index (χ1n) is 5.74. The number of isocyanates is 1. The average molecular weight is 229 g/mol. The molecule has 0 saturated carbocycles. The van der Waals surface area contributed by atoms with E-state index >= 15 is 0 Å². The summed E-state index contributed by atoms with van der Waals surface area (Å²) in [5, 5.41) is 0. The molecule has 0 radical (unpaired) electrons. The lowest BCUT2D eigenvalue weighted by atomic mass is 10.3. The lowest BCUT2D eigenvalue weighted by Gasteiger charge is -2.21. The monoisotopic (exact) mass is 229 g/mol. The Morgan fingerprint density at radius 1 is 1.27 bits per heavy atom. The Kier molecular flexibility index (Phi) is 8.57. The quantitative estimate of drug-likeness (QED) is 0.263. The Hall–Kier alpha value is -0.443. The van der Waals surface area contributed by atoms with Gasteiger partial charge in [-0.25, -0.2) is 4.79 Å². The highest BCUT2D eigenvalue weighted by molar-refractivity contribution is 6.77. The molecule has 0 N–H and O–H groups in total. The van der Waals surface area contributed by atoms with Gasteiger partial charge in [0.2, 0.25) is 6.08 Å². The van der Waals surface area contributed by atoms with Crippen molar-refractivity contribution >= 4 is 14.2 Å². The van der Waals surface area contributed by atoms with Gasteiger partial charge in [0, 0.05) is 14.7 Å². The zero-order valence-corrected chi connectivity index (χ0v) is 11.2. The second kappa shape index (κ2) is 8.83. The summed E-state index contributed by atoms with van der Waals surface area (Å²) in [6.45, 7) is 7.93. The number of hydrogen-bond acceptors (Lipinski definition) is 3. The summed E-state index contributed by atoms with van der Waals surface area (Å²) in [4.78, 5) is 13.1. The van der Waals surface area contributed by atoms with Crippen LogP contribution in [-0.4, -0.2) is 27.5 Å². The van der Waals surface area contributed by atoms with E-state index in [1.165, 1.54) is 31.4 Å². The van der Waals surface area contributed by atoms with Crippen LogP contribution in [0, 0.1) is 0 Å². The molecule has 0 amide bonds. The Morgan fingerprint density at radius 3 is 2.60 bits per heavy atom. The molecule has 0 aromatic heterocycles. The molecule has 0 heterocycles. The maximum atomic E-state index is 9.78. The zero-order valence-electron chi connectivity index (χ0n) is 10.2. The predicted molar refractivity (Wildman–Crippen MR) is 65.6 cm³/mol. The Labute approximate surface area is 93.9 Å². The topological polar surface area (TPSA) is 38.7 Å². The van der Waals surface area contributed by atoms with Crippen LogP contribution >= 0.6 is 0 Å². The Bertz CT molecular complexity index is 201. The first kappa shape index (κ1) is 14.6. The molecule has 0 saturated heterocycles. The number of rotatable bonds is 9. The van der Waals surface area contributed by atoms with Crippen LogP contribution in [-0.2, 0) is 9.53 Å². The molecule has 0 aliphatic carbocycles. The molecular weight excluding hydrogens is 206 g/mol. The molecule has 0 atom stereocenters. The standard InChI is InChI=1S/C11H23NO2Si/c1-4-5-6-8-15(2,3)9-7-14-11-12-10-13/h4-9,11H2,1-3H3. The van der Waals surface area contributed by atoms with Crippen molar-refractivity contribution in [3.05, 3.63) is 0 Å². The largest absolute Gasteiger partial charge is 0.359 e. The van der Waals surface area contributed by atoms with Gasteiger partial charge in [-0.1, -0.05) is 45.3 Å². The van der Waals surface area contributed by atoms with Crippen molar-refractivity contribution in [2.45, 2.75) is 51.4 Å². The van der Waals surface area contributed by atoms with Crippen LogP contribution in [0.5, 0.6) is 0 Å². The van der Waals surface area contributed by atoms with Crippen LogP contribution in [0.3, 0.4) is 0 Å². The summed E-state index contributed by atoms with van der Waals surface area (Å²) < 4.78 is 5.22. The summed E-state index contributed by atoms with van der Waals surface area (Å²) in [5.41, 5.74) is 0. The van der Waals surface area contributed by atoms with Gasteiger partial charge in [-0.05, 0) is 6.04 Å². The van der Waals surface area contributed by atoms with E-state index in [2.05, 4.69) is 25.0 Å². The molecule has 3 nitrogen and oxygen atoms in total. The van der Waals surface area contributed by atoms with Gasteiger partial charge in [0.15, 0.2) is 0 Å². The summed E-state index contributed by atoms with van der Waals surface area (Å²) in [6.07, 6.45) is 5.44. The van der Waals surface area contributed by atoms with Crippen molar-refractivity contribution in [2.24, 2.45) is 4.99 Å². The van der Waals surface area contributed by atoms with Crippen molar-refractivity contribution in [1.82, 2.24) is 0 Å². The molecule has 0 unspecified atom stereocenters. The second-order valence-corrected chi connectivity index (χ2v) is 9.99. The van der Waals surface area contributed by atoms with Crippen molar-refractivity contribution in [3.63, 3.8) is 0 Å². The van der Waals surface area contributed by atoms with E-state index in [0.29, 0.717) is 0 Å². The summed E-state index contributed by atoms with van der Waals surface area (Å²) >= 11 is 0. The van der Waals surface area contributed by atoms with Gasteiger partial charge in [0.1, 0.15) is 6.73 Å². The van der Waals surface area contributed by atoms with Crippen LogP contribution in [0.25, 0.3) is 0 Å². The minimum Gasteiger partial charge on any atom is -0.359 e. The normalized spacial score (nSPS) is 11.1. The maximum Gasteiger partial charge on any atom is 0.237 e. The molecule has 15 heavy (non-hydrogen) atoms. The fraction of sp³-hybridized carbons (Fsp3) is 0.909. The van der Waals surface area contributed by atoms with Gasteiger partial charge < -0.3 is 4.74 Å². The number of aliphatic imine (C=N–C) groups is 1. The van der Waals surface area contributed by atoms with E-state index in [9.17, 15) is 4.79 Å². The smallest absolute Gasteiger partial charge is 0.237 e. The van der Waals surface area contributed by atoms with Gasteiger partial charge in [-0.3, -0.25) is 0 Å². The first-order valence-corrected chi connectivity index (χ1v) is 9.15. The van der Waals surface area contributed by atoms with E-state index in [0.717, 1.165) is 12.7 Å². The number of hydrogen-bond donors (Lipinski definition) is 0. The lowest BCUT2D eigenvalue weighted by molar-refractivity contribution is 0.155. The third-order valence-corrected chi connectivity index (χ3v) is 5.87. The molecule has 0 spiro atoms. The summed E-state index contributed by atoms with van der Waals surface area (Å²) in [5.74, 6) is 0. The Morgan fingerprint density at radius 2 is 2.00 bits per heavy atom. The van der Waals surface area contributed by atoms with Crippen LogP contribution in [0.1, 0.15) is 26.2 Å². The predicted octanol–water partition coefficient (Wildman–Crippen LogP) is 3.19. The van der Waals surface area contributed by atoms with Crippen LogP contribution in [0.4, 0.5) is 0 Å². The van der Waals surface area contributed by atoms with E-state index in [4.69, 9.17) is 4.74 Å². The minimum absolute atomic E-state index is 0.170. The molecule has 0 aromatic carbocycles. The van der Waals surface area contributed by atoms with Crippen molar-refractivity contribution in [3.8, 4) is 0 Å². The van der Waals surface area contributed by atoms with Gasteiger partial charge in [-0.15, -0.1) is 0 Å². The highest BCUT2D eigenvalue weighted by Gasteiger charge is 2.19. The van der Waals surface area contributed by atoms with Crippen LogP contribution < -0.4 is 0 Å². The molecule has 0 aliphatic rings.